The van der Waals surface area contributed by atoms with Crippen LogP contribution in [-0.4, -0.2) is 28.9 Å². The molecule has 0 aliphatic carbocycles. The number of nitrogens with zero attached hydrogens (tertiary/aromatic N) is 2. The van der Waals surface area contributed by atoms with Gasteiger partial charge in [0.25, 0.3) is 5.91 Å². The van der Waals surface area contributed by atoms with Crippen LogP contribution in [0.4, 0.5) is 0 Å². The lowest BCUT2D eigenvalue weighted by molar-refractivity contribution is 0.0773. The molecule has 1 aromatic rings. The molecule has 0 spiro atoms. The maximum absolute atomic E-state index is 12.1. The summed E-state index contributed by atoms with van der Waals surface area (Å²) in [5.74, 6) is -0.113. The molecule has 0 saturated carbocycles. The number of hydrogen-bond donors (Lipinski definition) is 0. The van der Waals surface area contributed by atoms with E-state index in [1.165, 1.54) is 12.3 Å². The number of rotatable bonds is 5. The van der Waals surface area contributed by atoms with Crippen LogP contribution in [0.3, 0.4) is 0 Å². The monoisotopic (exact) mass is 272 g/mol. The average Bonchev–Trinajstić information content (AvgIpc) is 2.31. The number of aromatic nitrogens is 1. The normalized spacial score (nSPS) is 10.1. The Morgan fingerprint density at radius 2 is 2.29 bits per heavy atom. The highest BCUT2D eigenvalue weighted by atomic mass is 35.5. The lowest BCUT2D eigenvalue weighted by Crippen LogP contribution is -2.31. The van der Waals surface area contributed by atoms with Crippen molar-refractivity contribution < 1.29 is 4.79 Å². The molecule has 0 saturated heterocycles. The van der Waals surface area contributed by atoms with Crippen LogP contribution < -0.4 is 0 Å². The molecule has 1 rings (SSSR count). The van der Waals surface area contributed by atoms with E-state index in [1.54, 1.807) is 11.0 Å². The predicted octanol–water partition coefficient (Wildman–Crippen LogP) is 3.43. The molecule has 0 aliphatic heterocycles. The number of hydrogen-bond acceptors (Lipinski definition) is 2. The average molecular weight is 273 g/mol. The molecule has 0 bridgehead atoms. The SMILES string of the molecule is C=CCN(CCC)C(=O)c1cnc(Cl)c(Cl)c1. The van der Waals surface area contributed by atoms with Crippen molar-refractivity contribution in [2.24, 2.45) is 0 Å². The highest BCUT2D eigenvalue weighted by Crippen LogP contribution is 2.20. The first-order chi connectivity index (χ1) is 8.10. The molecule has 0 aliphatic rings. The van der Waals surface area contributed by atoms with E-state index in [-0.39, 0.29) is 16.1 Å². The second kappa shape index (κ2) is 6.62. The Morgan fingerprint density at radius 1 is 1.59 bits per heavy atom. The predicted molar refractivity (Wildman–Crippen MR) is 70.6 cm³/mol. The third kappa shape index (κ3) is 3.72. The highest BCUT2D eigenvalue weighted by molar-refractivity contribution is 6.41. The van der Waals surface area contributed by atoms with Crippen molar-refractivity contribution in [3.05, 3.63) is 40.7 Å². The summed E-state index contributed by atoms with van der Waals surface area (Å²) in [6.45, 7) is 6.82. The number of halogens is 2. The molecule has 3 nitrogen and oxygen atoms in total. The zero-order chi connectivity index (χ0) is 12.8. The van der Waals surface area contributed by atoms with E-state index in [1.807, 2.05) is 6.92 Å². The molecule has 0 radical (unpaired) electrons. The number of carbonyl (C=O) groups excluding carboxylic acids is 1. The Hall–Kier alpha value is -1.06. The third-order valence-corrected chi connectivity index (χ3v) is 2.86. The van der Waals surface area contributed by atoms with Crippen molar-refractivity contribution in [3.63, 3.8) is 0 Å². The standard InChI is InChI=1S/C12H14Cl2N2O/c1-3-5-16(6-4-2)12(17)9-7-10(13)11(14)15-8-9/h3,7-8H,1,4-6H2,2H3. The quantitative estimate of drug-likeness (QED) is 0.608. The molecule has 17 heavy (non-hydrogen) atoms. The van der Waals surface area contributed by atoms with E-state index in [4.69, 9.17) is 23.2 Å². The maximum atomic E-state index is 12.1. The minimum Gasteiger partial charge on any atom is -0.335 e. The minimum absolute atomic E-state index is 0.113. The highest BCUT2D eigenvalue weighted by Gasteiger charge is 2.15. The summed E-state index contributed by atoms with van der Waals surface area (Å²) in [4.78, 5) is 17.7. The largest absolute Gasteiger partial charge is 0.335 e. The van der Waals surface area contributed by atoms with E-state index in [9.17, 15) is 4.79 Å². The van der Waals surface area contributed by atoms with Gasteiger partial charge >= 0.3 is 0 Å². The van der Waals surface area contributed by atoms with Crippen LogP contribution in [0, 0.1) is 0 Å². The second-order valence-corrected chi connectivity index (χ2v) is 4.30. The van der Waals surface area contributed by atoms with Gasteiger partial charge < -0.3 is 4.90 Å². The zero-order valence-corrected chi connectivity index (χ0v) is 11.1. The van der Waals surface area contributed by atoms with E-state index >= 15 is 0 Å². The summed E-state index contributed by atoms with van der Waals surface area (Å²) in [5, 5.41) is 0.488. The first kappa shape index (κ1) is 14.0. The second-order valence-electron chi connectivity index (χ2n) is 3.54. The molecule has 1 amide bonds. The van der Waals surface area contributed by atoms with Crippen LogP contribution in [0.5, 0.6) is 0 Å². The van der Waals surface area contributed by atoms with Gasteiger partial charge in [-0.3, -0.25) is 4.79 Å². The van der Waals surface area contributed by atoms with Crippen molar-refractivity contribution in [1.29, 1.82) is 0 Å². The molecule has 0 N–H and O–H groups in total. The van der Waals surface area contributed by atoms with E-state index in [0.717, 1.165) is 6.42 Å². The van der Waals surface area contributed by atoms with Gasteiger partial charge in [0.2, 0.25) is 0 Å². The summed E-state index contributed by atoms with van der Waals surface area (Å²) in [6.07, 6.45) is 4.01. The maximum Gasteiger partial charge on any atom is 0.255 e. The third-order valence-electron chi connectivity index (χ3n) is 2.17. The molecule has 5 heteroatoms. The zero-order valence-electron chi connectivity index (χ0n) is 9.62. The van der Waals surface area contributed by atoms with Crippen molar-refractivity contribution in [2.45, 2.75) is 13.3 Å². The number of carbonyl (C=O) groups is 1. The van der Waals surface area contributed by atoms with Gasteiger partial charge in [-0.05, 0) is 12.5 Å². The van der Waals surface area contributed by atoms with Crippen LogP contribution in [0.2, 0.25) is 10.2 Å². The molecular formula is C12H14Cl2N2O. The van der Waals surface area contributed by atoms with Crippen molar-refractivity contribution in [1.82, 2.24) is 9.88 Å². The lowest BCUT2D eigenvalue weighted by Gasteiger charge is -2.20. The van der Waals surface area contributed by atoms with Gasteiger partial charge in [0.15, 0.2) is 0 Å². The smallest absolute Gasteiger partial charge is 0.255 e. The fourth-order valence-corrected chi connectivity index (χ4v) is 1.69. The van der Waals surface area contributed by atoms with E-state index in [2.05, 4.69) is 11.6 Å². The van der Waals surface area contributed by atoms with E-state index in [0.29, 0.717) is 18.7 Å². The molecule has 0 atom stereocenters. The first-order valence-corrected chi connectivity index (χ1v) is 6.07. The van der Waals surface area contributed by atoms with E-state index < -0.39 is 0 Å². The van der Waals surface area contributed by atoms with Gasteiger partial charge in [0.1, 0.15) is 5.15 Å². The summed E-state index contributed by atoms with van der Waals surface area (Å²) < 4.78 is 0. The molecule has 92 valence electrons. The molecule has 0 unspecified atom stereocenters. The summed E-state index contributed by atoms with van der Waals surface area (Å²) in [6, 6.07) is 1.53. The van der Waals surface area contributed by atoms with Crippen LogP contribution in [-0.2, 0) is 0 Å². The summed E-state index contributed by atoms with van der Waals surface area (Å²) >= 11 is 11.5. The first-order valence-electron chi connectivity index (χ1n) is 5.31. The summed E-state index contributed by atoms with van der Waals surface area (Å²) in [7, 11) is 0. The molecule has 1 aromatic heterocycles. The fourth-order valence-electron chi connectivity index (χ4n) is 1.42. The Labute approximate surface area is 111 Å². The van der Waals surface area contributed by atoms with Crippen LogP contribution in [0.25, 0.3) is 0 Å². The molecular weight excluding hydrogens is 259 g/mol. The Bertz CT molecular complexity index is 421. The topological polar surface area (TPSA) is 33.2 Å². The summed E-state index contributed by atoms with van der Waals surface area (Å²) in [5.41, 5.74) is 0.440. The van der Waals surface area contributed by atoms with Gasteiger partial charge in [-0.1, -0.05) is 36.2 Å². The van der Waals surface area contributed by atoms with Crippen molar-refractivity contribution >= 4 is 29.1 Å². The van der Waals surface area contributed by atoms with Gasteiger partial charge in [-0.25, -0.2) is 4.98 Å². The van der Waals surface area contributed by atoms with Gasteiger partial charge in [0, 0.05) is 19.3 Å². The molecule has 0 fully saturated rings. The van der Waals surface area contributed by atoms with Crippen molar-refractivity contribution in [2.75, 3.05) is 13.1 Å². The van der Waals surface area contributed by atoms with Gasteiger partial charge in [0.05, 0.1) is 10.6 Å². The number of amides is 1. The lowest BCUT2D eigenvalue weighted by atomic mass is 10.2. The van der Waals surface area contributed by atoms with Crippen LogP contribution in [0.1, 0.15) is 23.7 Å². The Kier molecular flexibility index (Phi) is 5.45. The van der Waals surface area contributed by atoms with Crippen LogP contribution in [0.15, 0.2) is 24.9 Å². The van der Waals surface area contributed by atoms with Crippen molar-refractivity contribution in [3.8, 4) is 0 Å². The number of pyridine rings is 1. The molecule has 1 heterocycles. The fraction of sp³-hybridized carbons (Fsp3) is 0.333. The van der Waals surface area contributed by atoms with Gasteiger partial charge in [-0.2, -0.15) is 0 Å². The minimum atomic E-state index is -0.113. The molecule has 0 aromatic carbocycles. The Balaban J connectivity index is 2.92. The van der Waals surface area contributed by atoms with Gasteiger partial charge in [-0.15, -0.1) is 6.58 Å². The van der Waals surface area contributed by atoms with Crippen LogP contribution >= 0.6 is 23.2 Å². The Morgan fingerprint density at radius 3 is 2.82 bits per heavy atom.